The zero-order chi connectivity index (χ0) is 11.2. The van der Waals surface area contributed by atoms with Gasteiger partial charge in [0.25, 0.3) is 0 Å². The number of hydrogen-bond acceptors (Lipinski definition) is 3. The number of carbonyl (C=O) groups is 1. The summed E-state index contributed by atoms with van der Waals surface area (Å²) in [6, 6.07) is 0. The number of rotatable bonds is 5. The van der Waals surface area contributed by atoms with Crippen LogP contribution < -0.4 is 0 Å². The molecule has 0 radical (unpaired) electrons. The molecule has 0 aliphatic carbocycles. The molecule has 0 atom stereocenters. The Morgan fingerprint density at radius 1 is 1.57 bits per heavy atom. The maximum Gasteiger partial charge on any atom is 0.333 e. The molecule has 0 aromatic carbocycles. The van der Waals surface area contributed by atoms with Gasteiger partial charge in [0, 0.05) is 11.8 Å². The smallest absolute Gasteiger partial charge is 0.333 e. The van der Waals surface area contributed by atoms with Gasteiger partial charge >= 0.3 is 5.97 Å². The molecule has 0 heterocycles. The van der Waals surface area contributed by atoms with E-state index in [2.05, 4.69) is 6.58 Å². The van der Waals surface area contributed by atoms with Crippen LogP contribution in [0, 0.1) is 0 Å². The Balaban J connectivity index is 3.85. The maximum absolute atomic E-state index is 10.9. The van der Waals surface area contributed by atoms with E-state index in [1.807, 2.05) is 18.8 Å². The molecule has 4 heteroatoms. The van der Waals surface area contributed by atoms with Gasteiger partial charge < -0.3 is 9.84 Å². The number of hydrogen-bond donors (Lipinski definition) is 1. The van der Waals surface area contributed by atoms with Crippen LogP contribution in [0.25, 0.3) is 0 Å². The molecule has 0 aliphatic rings. The molecule has 0 bridgehead atoms. The van der Waals surface area contributed by atoms with Gasteiger partial charge in [-0.15, -0.1) is 0 Å². The van der Waals surface area contributed by atoms with E-state index < -0.39 is 8.07 Å². The third kappa shape index (κ3) is 5.72. The quantitative estimate of drug-likeness (QED) is 0.428. The molecule has 0 amide bonds. The fraction of sp³-hybridized carbons (Fsp3) is 0.500. The first-order chi connectivity index (χ1) is 6.39. The van der Waals surface area contributed by atoms with E-state index in [4.69, 9.17) is 9.84 Å². The highest BCUT2D eigenvalue weighted by atomic mass is 28.3. The van der Waals surface area contributed by atoms with Crippen LogP contribution in [-0.4, -0.2) is 32.0 Å². The molecule has 0 unspecified atom stereocenters. The first kappa shape index (κ1) is 13.1. The molecule has 1 N–H and O–H groups in total. The first-order valence-corrected chi connectivity index (χ1v) is 7.78. The molecule has 0 rings (SSSR count). The van der Waals surface area contributed by atoms with Crippen molar-refractivity contribution in [3.8, 4) is 0 Å². The molecular weight excluding hydrogens is 196 g/mol. The van der Waals surface area contributed by atoms with Crippen LogP contribution >= 0.6 is 0 Å². The third-order valence-electron chi connectivity index (χ3n) is 1.64. The summed E-state index contributed by atoms with van der Waals surface area (Å²) in [6.45, 7) is 9.39. The molecule has 0 spiro atoms. The van der Waals surface area contributed by atoms with Gasteiger partial charge in [-0.25, -0.2) is 4.79 Å². The fourth-order valence-electron chi connectivity index (χ4n) is 0.667. The maximum atomic E-state index is 10.9. The second-order valence-corrected chi connectivity index (χ2v) is 8.55. The first-order valence-electron chi connectivity index (χ1n) is 4.50. The monoisotopic (exact) mass is 214 g/mol. The van der Waals surface area contributed by atoms with Crippen LogP contribution in [0.2, 0.25) is 13.1 Å². The molecule has 0 fully saturated rings. The SMILES string of the molecule is C=C(C)C(=O)OCC=C[Si](C)(C)CO. The lowest BCUT2D eigenvalue weighted by Crippen LogP contribution is -2.28. The number of ether oxygens (including phenoxy) is 1. The third-order valence-corrected chi connectivity index (χ3v) is 3.59. The van der Waals surface area contributed by atoms with Crippen LogP contribution in [0.15, 0.2) is 23.9 Å². The Hall–Kier alpha value is -0.873. The Kier molecular flexibility index (Phi) is 5.41. The van der Waals surface area contributed by atoms with Crippen molar-refractivity contribution in [3.63, 3.8) is 0 Å². The van der Waals surface area contributed by atoms with E-state index in [0.29, 0.717) is 5.57 Å². The van der Waals surface area contributed by atoms with E-state index >= 15 is 0 Å². The van der Waals surface area contributed by atoms with Crippen molar-refractivity contribution in [2.45, 2.75) is 20.0 Å². The highest BCUT2D eigenvalue weighted by molar-refractivity contribution is 6.82. The second kappa shape index (κ2) is 5.77. The summed E-state index contributed by atoms with van der Waals surface area (Å²) in [4.78, 5) is 10.9. The molecule has 0 aromatic heterocycles. The second-order valence-electron chi connectivity index (χ2n) is 3.93. The highest BCUT2D eigenvalue weighted by Crippen LogP contribution is 2.02. The molecule has 3 nitrogen and oxygen atoms in total. The van der Waals surface area contributed by atoms with Crippen LogP contribution in [0.5, 0.6) is 0 Å². The van der Waals surface area contributed by atoms with E-state index in [1.54, 1.807) is 13.0 Å². The molecule has 0 saturated heterocycles. The fourth-order valence-corrected chi connectivity index (χ4v) is 1.51. The highest BCUT2D eigenvalue weighted by Gasteiger charge is 2.14. The molecule has 0 saturated carbocycles. The van der Waals surface area contributed by atoms with E-state index in [0.717, 1.165) is 0 Å². The van der Waals surface area contributed by atoms with Gasteiger partial charge in [-0.05, 0) is 6.92 Å². The minimum atomic E-state index is -1.62. The lowest BCUT2D eigenvalue weighted by atomic mass is 10.4. The van der Waals surface area contributed by atoms with Crippen molar-refractivity contribution in [2.24, 2.45) is 0 Å². The van der Waals surface area contributed by atoms with E-state index in [9.17, 15) is 4.79 Å². The van der Waals surface area contributed by atoms with Crippen molar-refractivity contribution >= 4 is 14.0 Å². The lowest BCUT2D eigenvalue weighted by Gasteiger charge is -2.12. The molecule has 14 heavy (non-hydrogen) atoms. The lowest BCUT2D eigenvalue weighted by molar-refractivity contribution is -0.137. The number of aliphatic hydroxyl groups is 1. The number of carbonyl (C=O) groups excluding carboxylic acids is 1. The normalized spacial score (nSPS) is 11.7. The standard InChI is InChI=1S/C10H18O3Si/c1-9(2)10(12)13-6-5-7-14(3,4)8-11/h5,7,11H,1,6,8H2,2-4H3. The van der Waals surface area contributed by atoms with Gasteiger partial charge in [0.1, 0.15) is 14.7 Å². The van der Waals surface area contributed by atoms with Gasteiger partial charge in [0.2, 0.25) is 0 Å². The summed E-state index contributed by atoms with van der Waals surface area (Å²) in [7, 11) is -1.62. The minimum Gasteiger partial charge on any atom is -0.458 e. The average molecular weight is 214 g/mol. The van der Waals surface area contributed by atoms with Crippen molar-refractivity contribution < 1.29 is 14.6 Å². The Morgan fingerprint density at radius 3 is 2.57 bits per heavy atom. The zero-order valence-electron chi connectivity index (χ0n) is 9.04. The van der Waals surface area contributed by atoms with Crippen LogP contribution in [-0.2, 0) is 9.53 Å². The average Bonchev–Trinajstić information content (AvgIpc) is 2.12. The summed E-state index contributed by atoms with van der Waals surface area (Å²) in [5.74, 6) is -0.377. The summed E-state index contributed by atoms with van der Waals surface area (Å²) in [5, 5.41) is 8.98. The number of esters is 1. The van der Waals surface area contributed by atoms with Crippen molar-refractivity contribution in [2.75, 3.05) is 12.8 Å². The zero-order valence-corrected chi connectivity index (χ0v) is 10.0. The Bertz CT molecular complexity index is 244. The van der Waals surface area contributed by atoms with Gasteiger partial charge in [-0.1, -0.05) is 31.4 Å². The van der Waals surface area contributed by atoms with Crippen molar-refractivity contribution in [1.82, 2.24) is 0 Å². The van der Waals surface area contributed by atoms with Crippen LogP contribution in [0.1, 0.15) is 6.92 Å². The largest absolute Gasteiger partial charge is 0.458 e. The van der Waals surface area contributed by atoms with Gasteiger partial charge in [-0.3, -0.25) is 0 Å². The minimum absolute atomic E-state index is 0.206. The van der Waals surface area contributed by atoms with E-state index in [1.165, 1.54) is 0 Å². The summed E-state index contributed by atoms with van der Waals surface area (Å²) in [5.41, 5.74) is 2.36. The number of aliphatic hydroxyl groups excluding tert-OH is 1. The van der Waals surface area contributed by atoms with Crippen molar-refractivity contribution in [3.05, 3.63) is 23.9 Å². The predicted molar refractivity (Wildman–Crippen MR) is 59.5 cm³/mol. The summed E-state index contributed by atoms with van der Waals surface area (Å²) < 4.78 is 4.86. The van der Waals surface area contributed by atoms with Gasteiger partial charge in [0.05, 0.1) is 0 Å². The molecule has 0 aromatic rings. The molecule has 0 aliphatic heterocycles. The molecule has 80 valence electrons. The summed E-state index contributed by atoms with van der Waals surface area (Å²) >= 11 is 0. The topological polar surface area (TPSA) is 46.5 Å². The predicted octanol–water partition coefficient (Wildman–Crippen LogP) is 1.44. The molecular formula is C10H18O3Si. The van der Waals surface area contributed by atoms with Crippen LogP contribution in [0.4, 0.5) is 0 Å². The van der Waals surface area contributed by atoms with Gasteiger partial charge in [0.15, 0.2) is 0 Å². The summed E-state index contributed by atoms with van der Waals surface area (Å²) in [6.07, 6.45) is 1.99. The van der Waals surface area contributed by atoms with Crippen molar-refractivity contribution in [1.29, 1.82) is 0 Å². The Labute approximate surface area is 86.1 Å². The van der Waals surface area contributed by atoms with Gasteiger partial charge in [-0.2, -0.15) is 0 Å². The van der Waals surface area contributed by atoms with E-state index in [-0.39, 0.29) is 18.8 Å². The Morgan fingerprint density at radius 2 is 2.14 bits per heavy atom. The van der Waals surface area contributed by atoms with Crippen LogP contribution in [0.3, 0.4) is 0 Å².